The molecule has 0 fully saturated rings. The third-order valence-electron chi connectivity index (χ3n) is 3.81. The van der Waals surface area contributed by atoms with Crippen LogP contribution in [-0.2, 0) is 4.74 Å². The zero-order valence-corrected chi connectivity index (χ0v) is 14.8. The average Bonchev–Trinajstić information content (AvgIpc) is 2.54. The first-order valence-electron chi connectivity index (χ1n) is 7.93. The maximum absolute atomic E-state index is 12.1. The summed E-state index contributed by atoms with van der Waals surface area (Å²) in [6, 6.07) is 7.82. The van der Waals surface area contributed by atoms with Crippen LogP contribution in [0.2, 0.25) is 5.15 Å². The molecule has 0 saturated heterocycles. The highest BCUT2D eigenvalue weighted by atomic mass is 35.5. The first-order valence-corrected chi connectivity index (χ1v) is 8.31. The molecule has 3 rings (SSSR count). The van der Waals surface area contributed by atoms with E-state index in [1.165, 1.54) is 0 Å². The smallest absolute Gasteiger partial charge is 0.410 e. The minimum Gasteiger partial charge on any atom is -0.444 e. The van der Waals surface area contributed by atoms with E-state index in [-0.39, 0.29) is 6.09 Å². The Labute approximate surface area is 146 Å². The number of carbonyl (C=O) groups is 1. The van der Waals surface area contributed by atoms with Gasteiger partial charge < -0.3 is 9.64 Å². The van der Waals surface area contributed by atoms with Crippen molar-refractivity contribution in [2.45, 2.75) is 32.8 Å². The van der Waals surface area contributed by atoms with E-state index < -0.39 is 5.60 Å². The van der Waals surface area contributed by atoms with Crippen LogP contribution < -0.4 is 0 Å². The summed E-state index contributed by atoms with van der Waals surface area (Å²) in [4.78, 5) is 13.8. The van der Waals surface area contributed by atoms with E-state index in [1.54, 1.807) is 4.90 Å². The quantitative estimate of drug-likeness (QED) is 0.772. The first kappa shape index (κ1) is 16.7. The summed E-state index contributed by atoms with van der Waals surface area (Å²) in [7, 11) is 0. The Kier molecular flexibility index (Phi) is 4.45. The van der Waals surface area contributed by atoms with Gasteiger partial charge in [-0.1, -0.05) is 41.9 Å². The minimum absolute atomic E-state index is 0.287. The van der Waals surface area contributed by atoms with E-state index in [4.69, 9.17) is 16.3 Å². The first-order chi connectivity index (χ1) is 11.3. The van der Waals surface area contributed by atoms with E-state index in [9.17, 15) is 4.79 Å². The SMILES string of the molecule is CC(C)(C)OC(=O)N1CC=C(c2nnc(Cl)c3ccccc23)CC1. The van der Waals surface area contributed by atoms with Gasteiger partial charge in [0.1, 0.15) is 5.60 Å². The lowest BCUT2D eigenvalue weighted by molar-refractivity contribution is 0.0270. The molecule has 5 nitrogen and oxygen atoms in total. The van der Waals surface area contributed by atoms with Gasteiger partial charge in [-0.15, -0.1) is 10.2 Å². The van der Waals surface area contributed by atoms with Gasteiger partial charge in [0.05, 0.1) is 5.69 Å². The van der Waals surface area contributed by atoms with Crippen LogP contribution in [0.3, 0.4) is 0 Å². The number of fused-ring (bicyclic) bond motifs is 1. The number of amides is 1. The molecule has 0 bridgehead atoms. The van der Waals surface area contributed by atoms with Gasteiger partial charge in [0.15, 0.2) is 5.15 Å². The zero-order valence-electron chi connectivity index (χ0n) is 14.0. The highest BCUT2D eigenvalue weighted by Gasteiger charge is 2.24. The Balaban J connectivity index is 1.84. The van der Waals surface area contributed by atoms with Crippen LogP contribution in [0.1, 0.15) is 32.9 Å². The topological polar surface area (TPSA) is 55.3 Å². The highest BCUT2D eigenvalue weighted by molar-refractivity contribution is 6.34. The van der Waals surface area contributed by atoms with E-state index in [1.807, 2.05) is 51.1 Å². The summed E-state index contributed by atoms with van der Waals surface area (Å²) in [6.07, 6.45) is 2.43. The number of carbonyl (C=O) groups excluding carboxylic acids is 1. The number of benzene rings is 1. The van der Waals surface area contributed by atoms with Crippen molar-refractivity contribution in [3.05, 3.63) is 41.2 Å². The lowest BCUT2D eigenvalue weighted by atomic mass is 10.0. The zero-order chi connectivity index (χ0) is 17.3. The molecule has 1 aromatic carbocycles. The number of rotatable bonds is 1. The number of hydrogen-bond donors (Lipinski definition) is 0. The predicted molar refractivity (Wildman–Crippen MR) is 94.9 cm³/mol. The van der Waals surface area contributed by atoms with Crippen molar-refractivity contribution in [3.8, 4) is 0 Å². The van der Waals surface area contributed by atoms with Gasteiger partial charge in [0, 0.05) is 23.9 Å². The summed E-state index contributed by atoms with van der Waals surface area (Å²) >= 11 is 6.13. The van der Waals surface area contributed by atoms with Crippen LogP contribution in [0.5, 0.6) is 0 Å². The second kappa shape index (κ2) is 6.40. The van der Waals surface area contributed by atoms with E-state index in [0.29, 0.717) is 24.7 Å². The molecule has 0 atom stereocenters. The molecule has 0 unspecified atom stereocenters. The van der Waals surface area contributed by atoms with Gasteiger partial charge in [-0.05, 0) is 32.8 Å². The Morgan fingerprint density at radius 2 is 1.92 bits per heavy atom. The van der Waals surface area contributed by atoms with Crippen molar-refractivity contribution >= 4 is 34.0 Å². The molecule has 1 aromatic heterocycles. The summed E-state index contributed by atoms with van der Waals surface area (Å²) in [5, 5.41) is 10.6. The molecule has 126 valence electrons. The molecule has 0 saturated carbocycles. The van der Waals surface area contributed by atoms with Gasteiger partial charge >= 0.3 is 6.09 Å². The Morgan fingerprint density at radius 1 is 1.21 bits per heavy atom. The van der Waals surface area contributed by atoms with Crippen LogP contribution in [0.15, 0.2) is 30.3 Å². The number of halogens is 1. The van der Waals surface area contributed by atoms with Gasteiger partial charge in [-0.3, -0.25) is 0 Å². The number of aromatic nitrogens is 2. The van der Waals surface area contributed by atoms with Crippen LogP contribution in [0, 0.1) is 0 Å². The molecule has 2 heterocycles. The maximum atomic E-state index is 12.1. The number of hydrogen-bond acceptors (Lipinski definition) is 4. The second-order valence-electron chi connectivity index (χ2n) is 6.79. The summed E-state index contributed by atoms with van der Waals surface area (Å²) < 4.78 is 5.42. The fourth-order valence-corrected chi connectivity index (χ4v) is 2.89. The Morgan fingerprint density at radius 3 is 2.54 bits per heavy atom. The molecule has 1 aliphatic heterocycles. The standard InChI is InChI=1S/C18H20ClN3O2/c1-18(2,3)24-17(23)22-10-8-12(9-11-22)15-13-6-4-5-7-14(13)16(19)21-20-15/h4-8H,9-11H2,1-3H3. The molecule has 0 radical (unpaired) electrons. The lowest BCUT2D eigenvalue weighted by Gasteiger charge is -2.29. The predicted octanol–water partition coefficient (Wildman–Crippen LogP) is 4.31. The molecule has 1 aliphatic rings. The van der Waals surface area contributed by atoms with Gasteiger partial charge in [-0.25, -0.2) is 4.79 Å². The lowest BCUT2D eigenvalue weighted by Crippen LogP contribution is -2.39. The van der Waals surface area contributed by atoms with Crippen molar-refractivity contribution in [1.29, 1.82) is 0 Å². The van der Waals surface area contributed by atoms with Crippen LogP contribution in [-0.4, -0.2) is 39.9 Å². The summed E-state index contributed by atoms with van der Waals surface area (Å²) in [5.74, 6) is 0. The van der Waals surface area contributed by atoms with Crippen LogP contribution in [0.25, 0.3) is 16.3 Å². The largest absolute Gasteiger partial charge is 0.444 e. The summed E-state index contributed by atoms with van der Waals surface area (Å²) in [5.41, 5.74) is 1.42. The third-order valence-corrected chi connectivity index (χ3v) is 4.09. The second-order valence-corrected chi connectivity index (χ2v) is 7.15. The van der Waals surface area contributed by atoms with Gasteiger partial charge in [0.2, 0.25) is 0 Å². The van der Waals surface area contributed by atoms with Crippen molar-refractivity contribution in [2.24, 2.45) is 0 Å². The van der Waals surface area contributed by atoms with Crippen molar-refractivity contribution in [2.75, 3.05) is 13.1 Å². The normalized spacial score (nSPS) is 15.3. The highest BCUT2D eigenvalue weighted by Crippen LogP contribution is 2.30. The minimum atomic E-state index is -0.487. The van der Waals surface area contributed by atoms with Crippen LogP contribution >= 0.6 is 11.6 Å². The average molecular weight is 346 g/mol. The molecular formula is C18H20ClN3O2. The third kappa shape index (κ3) is 3.51. The molecule has 6 heteroatoms. The Bertz CT molecular complexity index is 812. The van der Waals surface area contributed by atoms with Gasteiger partial charge in [0.25, 0.3) is 0 Å². The molecule has 24 heavy (non-hydrogen) atoms. The molecular weight excluding hydrogens is 326 g/mol. The van der Waals surface area contributed by atoms with E-state index in [0.717, 1.165) is 22.0 Å². The number of nitrogens with zero attached hydrogens (tertiary/aromatic N) is 3. The van der Waals surface area contributed by atoms with Crippen molar-refractivity contribution in [1.82, 2.24) is 15.1 Å². The number of ether oxygens (including phenoxy) is 1. The molecule has 2 aromatic rings. The fourth-order valence-electron chi connectivity index (χ4n) is 2.68. The molecule has 0 spiro atoms. The van der Waals surface area contributed by atoms with Gasteiger partial charge in [-0.2, -0.15) is 0 Å². The molecule has 1 amide bonds. The summed E-state index contributed by atoms with van der Waals surface area (Å²) in [6.45, 7) is 6.70. The fraction of sp³-hybridized carbons (Fsp3) is 0.389. The Hall–Kier alpha value is -2.14. The van der Waals surface area contributed by atoms with E-state index >= 15 is 0 Å². The monoisotopic (exact) mass is 345 g/mol. The van der Waals surface area contributed by atoms with Crippen molar-refractivity contribution in [3.63, 3.8) is 0 Å². The molecule has 0 N–H and O–H groups in total. The maximum Gasteiger partial charge on any atom is 0.410 e. The van der Waals surface area contributed by atoms with Crippen molar-refractivity contribution < 1.29 is 9.53 Å². The molecule has 0 aliphatic carbocycles. The van der Waals surface area contributed by atoms with E-state index in [2.05, 4.69) is 10.2 Å². The van der Waals surface area contributed by atoms with Crippen LogP contribution in [0.4, 0.5) is 4.79 Å².